The second kappa shape index (κ2) is 7.55. The van der Waals surface area contributed by atoms with Crippen molar-refractivity contribution in [3.05, 3.63) is 44.4 Å². The summed E-state index contributed by atoms with van der Waals surface area (Å²) in [7, 11) is 0. The molecule has 2 N–H and O–H groups in total. The second-order valence-electron chi connectivity index (χ2n) is 4.55. The molecule has 2 aromatic heterocycles. The van der Waals surface area contributed by atoms with Crippen LogP contribution < -0.4 is 10.6 Å². The van der Waals surface area contributed by atoms with Crippen molar-refractivity contribution in [1.82, 2.24) is 20.4 Å². The number of nitrogens with one attached hydrogen (secondary N) is 2. The number of aromatic nitrogens is 2. The maximum absolute atomic E-state index is 11.7. The van der Waals surface area contributed by atoms with Gasteiger partial charge in [0.05, 0.1) is 18.0 Å². The van der Waals surface area contributed by atoms with Crippen molar-refractivity contribution in [2.24, 2.45) is 0 Å². The van der Waals surface area contributed by atoms with Crippen LogP contribution in [-0.4, -0.2) is 27.3 Å². The van der Waals surface area contributed by atoms with Crippen molar-refractivity contribution < 1.29 is 9.72 Å². The van der Waals surface area contributed by atoms with E-state index in [0.717, 1.165) is 11.3 Å². The number of aryl methyl sites for hydroxylation is 1. The summed E-state index contributed by atoms with van der Waals surface area (Å²) in [6.45, 7) is 3.30. The number of urea groups is 1. The van der Waals surface area contributed by atoms with Crippen LogP contribution in [0.25, 0.3) is 0 Å². The summed E-state index contributed by atoms with van der Waals surface area (Å²) in [5.41, 5.74) is 1.18. The second-order valence-corrected chi connectivity index (χ2v) is 5.55. The predicted molar refractivity (Wildman–Crippen MR) is 82.8 cm³/mol. The first-order valence-electron chi connectivity index (χ1n) is 6.84. The zero-order chi connectivity index (χ0) is 15.9. The molecule has 0 spiro atoms. The normalized spacial score (nSPS) is 10.4. The third kappa shape index (κ3) is 4.29. The molecule has 0 saturated carbocycles. The molecule has 0 saturated heterocycles. The highest BCUT2D eigenvalue weighted by Crippen LogP contribution is 2.16. The summed E-state index contributed by atoms with van der Waals surface area (Å²) in [6, 6.07) is 1.79. The Kier molecular flexibility index (Phi) is 5.48. The van der Waals surface area contributed by atoms with Gasteiger partial charge in [0.25, 0.3) is 0 Å². The minimum atomic E-state index is -0.504. The Hall–Kier alpha value is -2.42. The van der Waals surface area contributed by atoms with Crippen molar-refractivity contribution in [2.75, 3.05) is 6.54 Å². The molecule has 2 rings (SSSR count). The topological polar surface area (TPSA) is 102 Å². The third-order valence-electron chi connectivity index (χ3n) is 3.08. The van der Waals surface area contributed by atoms with Crippen LogP contribution in [0, 0.1) is 10.1 Å². The van der Waals surface area contributed by atoms with E-state index in [9.17, 15) is 14.9 Å². The molecule has 0 radical (unpaired) electrons. The Labute approximate surface area is 131 Å². The van der Waals surface area contributed by atoms with E-state index < -0.39 is 4.92 Å². The summed E-state index contributed by atoms with van der Waals surface area (Å²) in [5.74, 6) is 0. The lowest BCUT2D eigenvalue weighted by Gasteiger charge is -2.07. The molecular weight excluding hydrogens is 306 g/mol. The molecule has 0 aliphatic heterocycles. The quantitative estimate of drug-likeness (QED) is 0.600. The standard InChI is InChI=1S/C13H17N5O3S/c1-2-10-3-6-22-12(10)8-15-13(19)14-4-5-17-9-11(7-16-17)18(20)21/h3,6-7,9H,2,4-5,8H2,1H3,(H2,14,15,19). The van der Waals surface area contributed by atoms with E-state index in [4.69, 9.17) is 0 Å². The number of rotatable bonds is 7. The van der Waals surface area contributed by atoms with Crippen LogP contribution in [0.3, 0.4) is 0 Å². The molecule has 2 aromatic rings. The molecule has 0 aromatic carbocycles. The van der Waals surface area contributed by atoms with E-state index in [0.29, 0.717) is 19.6 Å². The van der Waals surface area contributed by atoms with Crippen LogP contribution in [0.2, 0.25) is 0 Å². The first-order chi connectivity index (χ1) is 10.6. The van der Waals surface area contributed by atoms with E-state index in [-0.39, 0.29) is 11.7 Å². The molecule has 118 valence electrons. The minimum Gasteiger partial charge on any atom is -0.336 e. The first-order valence-corrected chi connectivity index (χ1v) is 7.72. The molecule has 0 unspecified atom stereocenters. The molecule has 9 heteroatoms. The van der Waals surface area contributed by atoms with E-state index in [1.165, 1.54) is 22.6 Å². The highest BCUT2D eigenvalue weighted by atomic mass is 32.1. The fraction of sp³-hybridized carbons (Fsp3) is 0.385. The maximum atomic E-state index is 11.7. The van der Waals surface area contributed by atoms with E-state index >= 15 is 0 Å². The number of amides is 2. The molecule has 0 aliphatic carbocycles. The molecule has 0 fully saturated rings. The van der Waals surface area contributed by atoms with E-state index in [2.05, 4.69) is 28.7 Å². The Balaban J connectivity index is 1.70. The fourth-order valence-electron chi connectivity index (χ4n) is 1.91. The predicted octanol–water partition coefficient (Wildman–Crippen LogP) is 1.91. The highest BCUT2D eigenvalue weighted by Gasteiger charge is 2.09. The minimum absolute atomic E-state index is 0.0609. The molecule has 22 heavy (non-hydrogen) atoms. The monoisotopic (exact) mass is 323 g/mol. The van der Waals surface area contributed by atoms with Gasteiger partial charge in [-0.2, -0.15) is 5.10 Å². The van der Waals surface area contributed by atoms with Crippen LogP contribution in [0.1, 0.15) is 17.4 Å². The van der Waals surface area contributed by atoms with Crippen LogP contribution >= 0.6 is 11.3 Å². The van der Waals surface area contributed by atoms with Crippen LogP contribution in [0.4, 0.5) is 10.5 Å². The number of hydrogen-bond donors (Lipinski definition) is 2. The van der Waals surface area contributed by atoms with Gasteiger partial charge in [-0.05, 0) is 23.4 Å². The van der Waals surface area contributed by atoms with Crippen LogP contribution in [-0.2, 0) is 19.5 Å². The largest absolute Gasteiger partial charge is 0.336 e. The van der Waals surface area contributed by atoms with Gasteiger partial charge < -0.3 is 10.6 Å². The Morgan fingerprint density at radius 1 is 1.50 bits per heavy atom. The summed E-state index contributed by atoms with van der Waals surface area (Å²) >= 11 is 1.62. The van der Waals surface area contributed by atoms with Crippen molar-refractivity contribution in [1.29, 1.82) is 0 Å². The zero-order valence-electron chi connectivity index (χ0n) is 12.1. The van der Waals surface area contributed by atoms with Crippen molar-refractivity contribution in [3.8, 4) is 0 Å². The van der Waals surface area contributed by atoms with Gasteiger partial charge in [-0.3, -0.25) is 14.8 Å². The Morgan fingerprint density at radius 2 is 2.32 bits per heavy atom. The molecule has 0 atom stereocenters. The van der Waals surface area contributed by atoms with E-state index in [1.54, 1.807) is 11.3 Å². The average Bonchev–Trinajstić information content (AvgIpc) is 3.13. The summed E-state index contributed by atoms with van der Waals surface area (Å²) in [6.07, 6.45) is 3.46. The van der Waals surface area contributed by atoms with Gasteiger partial charge in [-0.25, -0.2) is 4.79 Å². The first kappa shape index (κ1) is 16.0. The molecule has 0 aliphatic rings. The van der Waals surface area contributed by atoms with Crippen molar-refractivity contribution in [3.63, 3.8) is 0 Å². The van der Waals surface area contributed by atoms with Crippen molar-refractivity contribution >= 4 is 23.1 Å². The lowest BCUT2D eigenvalue weighted by atomic mass is 10.2. The number of carbonyl (C=O) groups excluding carboxylic acids is 1. The van der Waals surface area contributed by atoms with E-state index in [1.807, 2.05) is 5.38 Å². The molecule has 8 nitrogen and oxygen atoms in total. The fourth-order valence-corrected chi connectivity index (χ4v) is 2.83. The number of nitro groups is 1. The number of carbonyl (C=O) groups is 1. The smallest absolute Gasteiger partial charge is 0.315 e. The third-order valence-corrected chi connectivity index (χ3v) is 4.05. The Bertz CT molecular complexity index is 652. The van der Waals surface area contributed by atoms with Gasteiger partial charge in [-0.1, -0.05) is 6.92 Å². The SMILES string of the molecule is CCc1ccsc1CNC(=O)NCCn1cc([N+](=O)[O-])cn1. The molecular formula is C13H17N5O3S. The van der Waals surface area contributed by atoms with Crippen molar-refractivity contribution in [2.45, 2.75) is 26.4 Å². The summed E-state index contributed by atoms with van der Waals surface area (Å²) in [4.78, 5) is 22.9. The van der Waals surface area contributed by atoms with Gasteiger partial charge in [0, 0.05) is 11.4 Å². The molecule has 2 heterocycles. The van der Waals surface area contributed by atoms with Crippen LogP contribution in [0.15, 0.2) is 23.8 Å². The van der Waals surface area contributed by atoms with Gasteiger partial charge >= 0.3 is 11.7 Å². The maximum Gasteiger partial charge on any atom is 0.315 e. The Morgan fingerprint density at radius 3 is 3.00 bits per heavy atom. The summed E-state index contributed by atoms with van der Waals surface area (Å²) < 4.78 is 1.42. The lowest BCUT2D eigenvalue weighted by molar-refractivity contribution is -0.385. The number of thiophene rings is 1. The van der Waals surface area contributed by atoms with Crippen LogP contribution in [0.5, 0.6) is 0 Å². The van der Waals surface area contributed by atoms with Gasteiger partial charge in [0.15, 0.2) is 0 Å². The number of hydrogen-bond acceptors (Lipinski definition) is 5. The highest BCUT2D eigenvalue weighted by molar-refractivity contribution is 7.10. The lowest BCUT2D eigenvalue weighted by Crippen LogP contribution is -2.36. The summed E-state index contributed by atoms with van der Waals surface area (Å²) in [5, 5.41) is 21.9. The molecule has 0 bridgehead atoms. The van der Waals surface area contributed by atoms with Gasteiger partial charge in [-0.15, -0.1) is 11.3 Å². The average molecular weight is 323 g/mol. The zero-order valence-corrected chi connectivity index (χ0v) is 12.9. The number of nitrogens with zero attached hydrogens (tertiary/aromatic N) is 3. The molecule has 2 amide bonds. The van der Waals surface area contributed by atoms with Gasteiger partial charge in [0.2, 0.25) is 0 Å². The van der Waals surface area contributed by atoms with Gasteiger partial charge in [0.1, 0.15) is 12.4 Å².